The molecule has 5 nitrogen and oxygen atoms in total. The van der Waals surface area contributed by atoms with Gasteiger partial charge in [-0.3, -0.25) is 4.79 Å². The van der Waals surface area contributed by atoms with E-state index in [4.69, 9.17) is 4.74 Å². The minimum atomic E-state index is -0.166. The highest BCUT2D eigenvalue weighted by Gasteiger charge is 2.14. The van der Waals surface area contributed by atoms with Gasteiger partial charge in [-0.05, 0) is 55.2 Å². The van der Waals surface area contributed by atoms with E-state index in [1.165, 1.54) is 5.56 Å². The molecule has 0 bridgehead atoms. The highest BCUT2D eigenvalue weighted by molar-refractivity contribution is 6.04. The van der Waals surface area contributed by atoms with Gasteiger partial charge < -0.3 is 10.1 Å². The van der Waals surface area contributed by atoms with E-state index in [2.05, 4.69) is 36.1 Å². The molecule has 3 rings (SSSR count). The predicted molar refractivity (Wildman–Crippen MR) is 111 cm³/mol. The summed E-state index contributed by atoms with van der Waals surface area (Å²) in [6.45, 7) is 10.2. The van der Waals surface area contributed by atoms with Crippen LogP contribution >= 0.6 is 0 Å². The maximum Gasteiger partial charge on any atom is 0.322 e. The van der Waals surface area contributed by atoms with Gasteiger partial charge in [-0.25, -0.2) is 9.97 Å². The lowest BCUT2D eigenvalue weighted by Crippen LogP contribution is -2.14. The molecule has 3 aromatic rings. The van der Waals surface area contributed by atoms with Crippen molar-refractivity contribution in [2.75, 3.05) is 5.32 Å². The fourth-order valence-corrected chi connectivity index (χ4v) is 2.81. The van der Waals surface area contributed by atoms with Crippen molar-refractivity contribution in [2.24, 2.45) is 0 Å². The molecule has 144 valence electrons. The first-order valence-corrected chi connectivity index (χ1v) is 9.23. The van der Waals surface area contributed by atoms with Crippen LogP contribution in [0.1, 0.15) is 48.1 Å². The Kier molecular flexibility index (Phi) is 5.45. The zero-order valence-corrected chi connectivity index (χ0v) is 16.9. The molecular weight excluding hydrogens is 350 g/mol. The van der Waals surface area contributed by atoms with Gasteiger partial charge in [0, 0.05) is 28.7 Å². The fraction of sp³-hybridized carbons (Fsp3) is 0.261. The Morgan fingerprint density at radius 1 is 0.929 bits per heavy atom. The number of nitrogens with one attached hydrogen (secondary N) is 1. The van der Waals surface area contributed by atoms with Crippen LogP contribution in [0.3, 0.4) is 0 Å². The fourth-order valence-electron chi connectivity index (χ4n) is 2.81. The van der Waals surface area contributed by atoms with Crippen molar-refractivity contribution in [1.29, 1.82) is 0 Å². The number of benzene rings is 2. The van der Waals surface area contributed by atoms with Gasteiger partial charge in [0.25, 0.3) is 5.91 Å². The second-order valence-electron chi connectivity index (χ2n) is 7.84. The molecule has 0 aliphatic carbocycles. The van der Waals surface area contributed by atoms with Crippen LogP contribution in [0.2, 0.25) is 0 Å². The van der Waals surface area contributed by atoms with Gasteiger partial charge in [0.2, 0.25) is 0 Å². The van der Waals surface area contributed by atoms with E-state index in [1.54, 1.807) is 12.1 Å². The standard InChI is InChI=1S/C23H25N3O2/c1-15-13-16(2)25-22(24-15)28-20-8-6-7-19(14-20)26-21(27)17-9-11-18(12-10-17)23(3,4)5/h6-14H,1-5H3,(H,26,27). The molecule has 2 aromatic carbocycles. The summed E-state index contributed by atoms with van der Waals surface area (Å²) >= 11 is 0. The minimum Gasteiger partial charge on any atom is -0.424 e. The van der Waals surface area contributed by atoms with E-state index in [9.17, 15) is 4.79 Å². The molecule has 1 N–H and O–H groups in total. The maximum atomic E-state index is 12.6. The predicted octanol–water partition coefficient (Wildman–Crippen LogP) is 5.44. The zero-order valence-electron chi connectivity index (χ0n) is 16.9. The summed E-state index contributed by atoms with van der Waals surface area (Å²) in [5.41, 5.74) is 4.17. The number of rotatable bonds is 4. The van der Waals surface area contributed by atoms with E-state index in [1.807, 2.05) is 56.3 Å². The molecule has 0 atom stereocenters. The van der Waals surface area contributed by atoms with E-state index in [-0.39, 0.29) is 11.3 Å². The first kappa shape index (κ1) is 19.5. The van der Waals surface area contributed by atoms with Crippen LogP contribution in [0.25, 0.3) is 0 Å². The molecule has 0 saturated carbocycles. The number of hydrogen-bond donors (Lipinski definition) is 1. The van der Waals surface area contributed by atoms with Crippen molar-refractivity contribution in [2.45, 2.75) is 40.0 Å². The van der Waals surface area contributed by atoms with Gasteiger partial charge in [-0.2, -0.15) is 0 Å². The number of aryl methyl sites for hydroxylation is 2. The number of nitrogens with zero attached hydrogens (tertiary/aromatic N) is 2. The average molecular weight is 375 g/mol. The molecule has 0 aliphatic heterocycles. The third kappa shape index (κ3) is 4.94. The summed E-state index contributed by atoms with van der Waals surface area (Å²) in [5, 5.41) is 2.91. The molecule has 0 radical (unpaired) electrons. The van der Waals surface area contributed by atoms with Crippen LogP contribution in [0.5, 0.6) is 11.8 Å². The van der Waals surface area contributed by atoms with E-state index >= 15 is 0 Å². The zero-order chi connectivity index (χ0) is 20.3. The van der Waals surface area contributed by atoms with Crippen LogP contribution in [0.15, 0.2) is 54.6 Å². The summed E-state index contributed by atoms with van der Waals surface area (Å²) < 4.78 is 5.75. The van der Waals surface area contributed by atoms with Crippen LogP contribution in [0, 0.1) is 13.8 Å². The number of carbonyl (C=O) groups excluding carboxylic acids is 1. The molecule has 1 amide bonds. The van der Waals surface area contributed by atoms with Crippen LogP contribution in [-0.4, -0.2) is 15.9 Å². The quantitative estimate of drug-likeness (QED) is 0.660. The van der Waals surface area contributed by atoms with E-state index in [0.29, 0.717) is 23.0 Å². The normalized spacial score (nSPS) is 11.2. The Morgan fingerprint density at radius 2 is 1.57 bits per heavy atom. The minimum absolute atomic E-state index is 0.0525. The monoisotopic (exact) mass is 375 g/mol. The van der Waals surface area contributed by atoms with Gasteiger partial charge in [0.1, 0.15) is 5.75 Å². The van der Waals surface area contributed by atoms with Crippen LogP contribution in [-0.2, 0) is 5.41 Å². The summed E-state index contributed by atoms with van der Waals surface area (Å²) in [5.74, 6) is 0.395. The highest BCUT2D eigenvalue weighted by Crippen LogP contribution is 2.24. The van der Waals surface area contributed by atoms with Crippen molar-refractivity contribution in [1.82, 2.24) is 9.97 Å². The second-order valence-corrected chi connectivity index (χ2v) is 7.84. The summed E-state index contributed by atoms with van der Waals surface area (Å²) in [7, 11) is 0. The Labute approximate surface area is 165 Å². The lowest BCUT2D eigenvalue weighted by Gasteiger charge is -2.19. The van der Waals surface area contributed by atoms with Crippen molar-refractivity contribution in [3.63, 3.8) is 0 Å². The second kappa shape index (κ2) is 7.80. The number of carbonyl (C=O) groups is 1. The first-order chi connectivity index (χ1) is 13.2. The van der Waals surface area contributed by atoms with Crippen LogP contribution in [0.4, 0.5) is 5.69 Å². The third-order valence-corrected chi connectivity index (χ3v) is 4.28. The number of anilines is 1. The van der Waals surface area contributed by atoms with E-state index < -0.39 is 0 Å². The van der Waals surface area contributed by atoms with Crippen molar-refractivity contribution < 1.29 is 9.53 Å². The van der Waals surface area contributed by atoms with Gasteiger partial charge in [0.15, 0.2) is 0 Å². The Balaban J connectivity index is 1.72. The number of ether oxygens (including phenoxy) is 1. The highest BCUT2D eigenvalue weighted by atomic mass is 16.5. The van der Waals surface area contributed by atoms with Gasteiger partial charge >= 0.3 is 6.01 Å². The molecule has 5 heteroatoms. The van der Waals surface area contributed by atoms with Crippen molar-refractivity contribution >= 4 is 11.6 Å². The molecule has 28 heavy (non-hydrogen) atoms. The Hall–Kier alpha value is -3.21. The Morgan fingerprint density at radius 3 is 2.18 bits per heavy atom. The van der Waals surface area contributed by atoms with E-state index in [0.717, 1.165) is 11.4 Å². The first-order valence-electron chi connectivity index (χ1n) is 9.23. The lowest BCUT2D eigenvalue weighted by molar-refractivity contribution is 0.102. The SMILES string of the molecule is Cc1cc(C)nc(Oc2cccc(NC(=O)c3ccc(C(C)(C)C)cc3)c2)n1. The largest absolute Gasteiger partial charge is 0.424 e. The van der Waals surface area contributed by atoms with Gasteiger partial charge in [-0.1, -0.05) is 39.0 Å². The summed E-state index contributed by atoms with van der Waals surface area (Å²) in [4.78, 5) is 21.1. The van der Waals surface area contributed by atoms with Crippen molar-refractivity contribution in [3.8, 4) is 11.8 Å². The van der Waals surface area contributed by atoms with Crippen molar-refractivity contribution in [3.05, 3.63) is 77.1 Å². The van der Waals surface area contributed by atoms with Gasteiger partial charge in [0.05, 0.1) is 0 Å². The molecule has 0 unspecified atom stereocenters. The molecule has 1 aromatic heterocycles. The lowest BCUT2D eigenvalue weighted by atomic mass is 9.87. The molecule has 0 spiro atoms. The topological polar surface area (TPSA) is 64.1 Å². The Bertz CT molecular complexity index is 969. The van der Waals surface area contributed by atoms with Gasteiger partial charge in [-0.15, -0.1) is 0 Å². The molecular formula is C23H25N3O2. The third-order valence-electron chi connectivity index (χ3n) is 4.28. The number of amides is 1. The number of aromatic nitrogens is 2. The molecule has 0 fully saturated rings. The summed E-state index contributed by atoms with van der Waals surface area (Å²) in [6.07, 6.45) is 0. The average Bonchev–Trinajstić information content (AvgIpc) is 2.60. The number of hydrogen-bond acceptors (Lipinski definition) is 4. The molecule has 0 saturated heterocycles. The maximum absolute atomic E-state index is 12.6. The summed E-state index contributed by atoms with van der Waals surface area (Å²) in [6, 6.07) is 17.0. The molecule has 1 heterocycles. The molecule has 0 aliphatic rings. The van der Waals surface area contributed by atoms with Crippen LogP contribution < -0.4 is 10.1 Å². The smallest absolute Gasteiger partial charge is 0.322 e.